The zero-order chi connectivity index (χ0) is 22.5. The van der Waals surface area contributed by atoms with Gasteiger partial charge in [0.25, 0.3) is 0 Å². The first-order chi connectivity index (χ1) is 15.3. The Hall–Kier alpha value is -4.00. The molecule has 0 spiro atoms. The smallest absolute Gasteiger partial charge is 0.219 e. The number of aromatic nitrogens is 6. The Kier molecular flexibility index (Phi) is 4.55. The van der Waals surface area contributed by atoms with Crippen molar-refractivity contribution in [2.75, 3.05) is 5.73 Å². The first-order valence-corrected chi connectivity index (χ1v) is 10.5. The van der Waals surface area contributed by atoms with Crippen LogP contribution < -0.4 is 5.73 Å². The van der Waals surface area contributed by atoms with Gasteiger partial charge in [0.05, 0.1) is 16.7 Å². The SMILES string of the molecule is Cc1cc(-c2ccccc2-c2nc3cc(-c4cnc(N)nc4)ccc3n2C(C)(C)C)n[nH]1. The molecule has 0 radical (unpaired) electrons. The summed E-state index contributed by atoms with van der Waals surface area (Å²) in [4.78, 5) is 13.4. The second kappa shape index (κ2) is 7.30. The molecule has 5 rings (SSSR count). The zero-order valence-corrected chi connectivity index (χ0v) is 18.6. The van der Waals surface area contributed by atoms with E-state index in [9.17, 15) is 0 Å². The molecule has 0 aliphatic rings. The zero-order valence-electron chi connectivity index (χ0n) is 18.6. The van der Waals surface area contributed by atoms with Gasteiger partial charge in [-0.3, -0.25) is 5.10 Å². The van der Waals surface area contributed by atoms with Crippen LogP contribution in [-0.2, 0) is 5.54 Å². The lowest BCUT2D eigenvalue weighted by molar-refractivity contribution is 0.413. The number of H-pyrrole nitrogens is 1. The molecule has 0 saturated carbocycles. The topological polar surface area (TPSA) is 98.3 Å². The molecule has 5 aromatic rings. The number of hydrogen-bond acceptors (Lipinski definition) is 5. The van der Waals surface area contributed by atoms with Crippen LogP contribution in [0.3, 0.4) is 0 Å². The minimum atomic E-state index is -0.176. The fraction of sp³-hybridized carbons (Fsp3) is 0.200. The summed E-state index contributed by atoms with van der Waals surface area (Å²) in [5, 5.41) is 7.54. The summed E-state index contributed by atoms with van der Waals surface area (Å²) >= 11 is 0. The Morgan fingerprint density at radius 3 is 2.28 bits per heavy atom. The minimum absolute atomic E-state index is 0.176. The normalized spacial score (nSPS) is 11.9. The van der Waals surface area contributed by atoms with Crippen LogP contribution in [0.5, 0.6) is 0 Å². The van der Waals surface area contributed by atoms with E-state index in [1.165, 1.54) is 0 Å². The van der Waals surface area contributed by atoms with E-state index in [1.54, 1.807) is 12.4 Å². The van der Waals surface area contributed by atoms with Crippen molar-refractivity contribution < 1.29 is 0 Å². The lowest BCUT2D eigenvalue weighted by Gasteiger charge is -2.25. The van der Waals surface area contributed by atoms with Gasteiger partial charge in [-0.05, 0) is 51.5 Å². The van der Waals surface area contributed by atoms with Crippen LogP contribution in [0.1, 0.15) is 26.5 Å². The summed E-state index contributed by atoms with van der Waals surface area (Å²) < 4.78 is 2.30. The Labute approximate surface area is 186 Å². The standard InChI is InChI=1S/C25H25N7/c1-15-11-20(31-30-15)18-7-5-6-8-19(18)23-29-21-12-16(17-13-27-24(26)28-14-17)9-10-22(21)32(23)25(2,3)4/h5-14H,1-4H3,(H,30,31)(H2,26,27,28). The van der Waals surface area contributed by atoms with Gasteiger partial charge < -0.3 is 10.3 Å². The predicted octanol–water partition coefficient (Wildman–Crippen LogP) is 5.20. The number of hydrogen-bond donors (Lipinski definition) is 2. The molecule has 0 saturated heterocycles. The fourth-order valence-electron chi connectivity index (χ4n) is 4.06. The van der Waals surface area contributed by atoms with Crippen LogP contribution in [0.2, 0.25) is 0 Å². The van der Waals surface area contributed by atoms with Crippen LogP contribution in [-0.4, -0.2) is 29.7 Å². The van der Waals surface area contributed by atoms with Crippen LogP contribution in [0.25, 0.3) is 44.8 Å². The molecule has 0 atom stereocenters. The van der Waals surface area contributed by atoms with Gasteiger partial charge >= 0.3 is 0 Å². The lowest BCUT2D eigenvalue weighted by atomic mass is 10.0. The Morgan fingerprint density at radius 2 is 1.62 bits per heavy atom. The summed E-state index contributed by atoms with van der Waals surface area (Å²) in [6.45, 7) is 8.59. The van der Waals surface area contributed by atoms with E-state index in [2.05, 4.69) is 81.9 Å². The van der Waals surface area contributed by atoms with E-state index in [-0.39, 0.29) is 11.5 Å². The molecule has 0 aliphatic carbocycles. The number of aromatic amines is 1. The van der Waals surface area contributed by atoms with Gasteiger partial charge in [0.1, 0.15) is 5.82 Å². The first kappa shape index (κ1) is 19.9. The average Bonchev–Trinajstić information content (AvgIpc) is 3.37. The van der Waals surface area contributed by atoms with Gasteiger partial charge in [0.2, 0.25) is 5.95 Å². The molecule has 3 N–H and O–H groups in total. The van der Waals surface area contributed by atoms with Crippen molar-refractivity contribution in [3.8, 4) is 33.8 Å². The first-order valence-electron chi connectivity index (χ1n) is 10.5. The number of rotatable bonds is 3. The van der Waals surface area contributed by atoms with E-state index in [0.29, 0.717) is 0 Å². The number of nitrogens with zero attached hydrogens (tertiary/aromatic N) is 5. The maximum Gasteiger partial charge on any atom is 0.219 e. The number of fused-ring (bicyclic) bond motifs is 1. The Balaban J connectivity index is 1.74. The summed E-state index contributed by atoms with van der Waals surface area (Å²) in [6, 6.07) is 16.6. The van der Waals surface area contributed by atoms with Crippen molar-refractivity contribution in [1.29, 1.82) is 0 Å². The molecule has 0 amide bonds. The molecular formula is C25H25N7. The molecule has 0 unspecified atom stereocenters. The highest BCUT2D eigenvalue weighted by Crippen LogP contribution is 2.37. The van der Waals surface area contributed by atoms with E-state index < -0.39 is 0 Å². The van der Waals surface area contributed by atoms with Crippen LogP contribution in [0.4, 0.5) is 5.95 Å². The molecule has 7 nitrogen and oxygen atoms in total. The van der Waals surface area contributed by atoms with Gasteiger partial charge in [0, 0.05) is 40.3 Å². The molecule has 3 heterocycles. The number of aryl methyl sites for hydroxylation is 1. The highest BCUT2D eigenvalue weighted by atomic mass is 15.1. The van der Waals surface area contributed by atoms with Crippen LogP contribution >= 0.6 is 0 Å². The molecule has 32 heavy (non-hydrogen) atoms. The average molecular weight is 424 g/mol. The second-order valence-corrected chi connectivity index (χ2v) is 8.96. The molecule has 160 valence electrons. The van der Waals surface area contributed by atoms with Crippen LogP contribution in [0.15, 0.2) is 60.9 Å². The summed E-state index contributed by atoms with van der Waals surface area (Å²) in [6.07, 6.45) is 3.47. The van der Waals surface area contributed by atoms with Gasteiger partial charge in [0.15, 0.2) is 0 Å². The van der Waals surface area contributed by atoms with Gasteiger partial charge in [-0.25, -0.2) is 15.0 Å². The number of benzene rings is 2. The highest BCUT2D eigenvalue weighted by Gasteiger charge is 2.24. The minimum Gasteiger partial charge on any atom is -0.368 e. The number of nitrogen functional groups attached to an aromatic ring is 1. The summed E-state index contributed by atoms with van der Waals surface area (Å²) in [7, 11) is 0. The predicted molar refractivity (Wildman–Crippen MR) is 128 cm³/mol. The van der Waals surface area contributed by atoms with Gasteiger partial charge in [-0.1, -0.05) is 30.3 Å². The molecule has 7 heteroatoms. The quantitative estimate of drug-likeness (QED) is 0.416. The van der Waals surface area contributed by atoms with Crippen molar-refractivity contribution in [3.63, 3.8) is 0 Å². The van der Waals surface area contributed by atoms with E-state index in [4.69, 9.17) is 10.7 Å². The molecule has 0 bridgehead atoms. The monoisotopic (exact) mass is 423 g/mol. The molecule has 2 aromatic carbocycles. The van der Waals surface area contributed by atoms with E-state index in [1.807, 2.05) is 19.1 Å². The van der Waals surface area contributed by atoms with E-state index in [0.717, 1.165) is 50.5 Å². The van der Waals surface area contributed by atoms with Gasteiger partial charge in [-0.15, -0.1) is 0 Å². The molecular weight excluding hydrogens is 398 g/mol. The van der Waals surface area contributed by atoms with Gasteiger partial charge in [-0.2, -0.15) is 5.10 Å². The number of nitrogens with one attached hydrogen (secondary N) is 1. The molecule has 0 aliphatic heterocycles. The Morgan fingerprint density at radius 1 is 0.906 bits per heavy atom. The molecule has 0 fully saturated rings. The van der Waals surface area contributed by atoms with E-state index >= 15 is 0 Å². The van der Waals surface area contributed by atoms with Crippen LogP contribution in [0, 0.1) is 6.92 Å². The number of anilines is 1. The number of imidazole rings is 1. The maximum atomic E-state index is 5.65. The summed E-state index contributed by atoms with van der Waals surface area (Å²) in [5.41, 5.74) is 13.4. The second-order valence-electron chi connectivity index (χ2n) is 8.96. The largest absolute Gasteiger partial charge is 0.368 e. The van der Waals surface area contributed by atoms with Crippen molar-refractivity contribution >= 4 is 17.0 Å². The maximum absolute atomic E-state index is 5.65. The fourth-order valence-corrected chi connectivity index (χ4v) is 4.06. The third kappa shape index (κ3) is 3.41. The van der Waals surface area contributed by atoms with Crippen molar-refractivity contribution in [1.82, 2.24) is 29.7 Å². The van der Waals surface area contributed by atoms with Crippen molar-refractivity contribution in [2.45, 2.75) is 33.2 Å². The lowest BCUT2D eigenvalue weighted by Crippen LogP contribution is -2.22. The highest BCUT2D eigenvalue weighted by molar-refractivity contribution is 5.88. The number of nitrogens with two attached hydrogens (primary N) is 1. The van der Waals surface area contributed by atoms with Crippen molar-refractivity contribution in [3.05, 3.63) is 66.6 Å². The Bertz CT molecular complexity index is 1420. The molecule has 3 aromatic heterocycles. The third-order valence-electron chi connectivity index (χ3n) is 5.48. The third-order valence-corrected chi connectivity index (χ3v) is 5.48. The van der Waals surface area contributed by atoms with Crippen molar-refractivity contribution in [2.24, 2.45) is 0 Å². The summed E-state index contributed by atoms with van der Waals surface area (Å²) in [5.74, 6) is 1.17.